The van der Waals surface area contributed by atoms with Gasteiger partial charge in [0, 0.05) is 0 Å². The first-order valence-electron chi connectivity index (χ1n) is 7.26. The Morgan fingerprint density at radius 1 is 0.909 bits per heavy atom. The van der Waals surface area contributed by atoms with Crippen LogP contribution in [0.5, 0.6) is 0 Å². The summed E-state index contributed by atoms with van der Waals surface area (Å²) in [7, 11) is -3.80. The third-order valence-corrected chi connectivity index (χ3v) is 5.72. The van der Waals surface area contributed by atoms with Crippen molar-refractivity contribution in [2.24, 2.45) is 0 Å². The van der Waals surface area contributed by atoms with Crippen molar-refractivity contribution in [2.45, 2.75) is 6.92 Å². The van der Waals surface area contributed by atoms with Crippen LogP contribution in [0.1, 0.15) is 6.92 Å². The zero-order valence-electron chi connectivity index (χ0n) is 12.1. The second-order valence-electron chi connectivity index (χ2n) is 5.38. The highest BCUT2D eigenvalue weighted by Gasteiger charge is 2.25. The molecule has 0 saturated heterocycles. The van der Waals surface area contributed by atoms with Gasteiger partial charge in [-0.3, -0.25) is 4.57 Å². The molecule has 0 aliphatic rings. The molecule has 0 heterocycles. The molecule has 0 aliphatic heterocycles. The van der Waals surface area contributed by atoms with Crippen LogP contribution in [0.15, 0.2) is 54.6 Å². The zero-order valence-corrected chi connectivity index (χ0v) is 13.0. The lowest BCUT2D eigenvalue weighted by Gasteiger charge is -2.16. The van der Waals surface area contributed by atoms with E-state index in [0.717, 1.165) is 32.3 Å². The van der Waals surface area contributed by atoms with E-state index in [1.807, 2.05) is 24.3 Å². The largest absolute Gasteiger partial charge is 0.359 e. The lowest BCUT2D eigenvalue weighted by molar-refractivity contribution is 0.284. The van der Waals surface area contributed by atoms with E-state index in [2.05, 4.69) is 24.3 Å². The number of hydrogen-bond acceptors (Lipinski definition) is 2. The molecule has 0 aromatic heterocycles. The van der Waals surface area contributed by atoms with E-state index in [1.54, 1.807) is 13.0 Å². The summed E-state index contributed by atoms with van der Waals surface area (Å²) in [6.07, 6.45) is 0. The molecule has 4 aromatic carbocycles. The van der Waals surface area contributed by atoms with Crippen LogP contribution in [0.4, 0.5) is 0 Å². The summed E-state index contributed by atoms with van der Waals surface area (Å²) < 4.78 is 17.6. The number of benzene rings is 4. The minimum atomic E-state index is -3.80. The summed E-state index contributed by atoms with van der Waals surface area (Å²) in [5, 5.41) is 6.67. The van der Waals surface area contributed by atoms with Crippen molar-refractivity contribution in [3.05, 3.63) is 54.6 Å². The maximum Gasteiger partial charge on any atom is 0.359 e. The van der Waals surface area contributed by atoms with Gasteiger partial charge in [-0.05, 0) is 45.3 Å². The Hall–Kier alpha value is -1.93. The molecular weight excluding hydrogens is 295 g/mol. The van der Waals surface area contributed by atoms with Crippen molar-refractivity contribution in [1.82, 2.24) is 0 Å². The molecule has 0 spiro atoms. The van der Waals surface area contributed by atoms with Crippen LogP contribution in [0.3, 0.4) is 0 Å². The Kier molecular flexibility index (Phi) is 2.98. The Bertz CT molecular complexity index is 1020. The average molecular weight is 310 g/mol. The molecule has 0 radical (unpaired) electrons. The maximum absolute atomic E-state index is 12.5. The van der Waals surface area contributed by atoms with Crippen molar-refractivity contribution < 1.29 is 14.0 Å². The monoisotopic (exact) mass is 310 g/mol. The van der Waals surface area contributed by atoms with Gasteiger partial charge in [-0.1, -0.05) is 48.5 Å². The molecule has 1 unspecified atom stereocenters. The third-order valence-electron chi connectivity index (χ3n) is 4.11. The van der Waals surface area contributed by atoms with Gasteiger partial charge >= 0.3 is 7.60 Å². The number of rotatable bonds is 3. The SMILES string of the molecule is CCOP(=O)(O)c1ccc2ccc3cccc4ccc1c2c34. The minimum absolute atomic E-state index is 0.204. The molecule has 4 rings (SSSR count). The Morgan fingerprint density at radius 2 is 1.50 bits per heavy atom. The number of hydrogen-bond donors (Lipinski definition) is 1. The first-order chi connectivity index (χ1) is 10.6. The van der Waals surface area contributed by atoms with Crippen LogP contribution < -0.4 is 5.30 Å². The third kappa shape index (κ3) is 1.87. The molecular formula is C18H15O3P. The highest BCUT2D eigenvalue weighted by molar-refractivity contribution is 7.61. The smallest absolute Gasteiger partial charge is 0.321 e. The van der Waals surface area contributed by atoms with Gasteiger partial charge in [0.25, 0.3) is 0 Å². The second-order valence-corrected chi connectivity index (χ2v) is 7.16. The van der Waals surface area contributed by atoms with Gasteiger partial charge in [-0.25, -0.2) is 0 Å². The molecule has 4 aromatic rings. The fourth-order valence-corrected chi connectivity index (χ4v) is 4.45. The minimum Gasteiger partial charge on any atom is -0.321 e. The summed E-state index contributed by atoms with van der Waals surface area (Å²) in [5.41, 5.74) is 0. The molecule has 3 nitrogen and oxygen atoms in total. The first kappa shape index (κ1) is 13.7. The van der Waals surface area contributed by atoms with Gasteiger partial charge in [-0.2, -0.15) is 0 Å². The van der Waals surface area contributed by atoms with Crippen molar-refractivity contribution in [1.29, 1.82) is 0 Å². The molecule has 0 fully saturated rings. The Balaban J connectivity index is 2.20. The summed E-state index contributed by atoms with van der Waals surface area (Å²) in [5.74, 6) is 0. The standard InChI is InChI=1S/C18H15O3P/c1-2-21-22(19,20)16-11-9-14-7-6-12-4-3-5-13-8-10-15(16)18(14)17(12)13/h3-11H,2H2,1H3,(H,19,20). The fraction of sp³-hybridized carbons (Fsp3) is 0.111. The van der Waals surface area contributed by atoms with Crippen molar-refractivity contribution in [3.8, 4) is 0 Å². The van der Waals surface area contributed by atoms with E-state index in [9.17, 15) is 9.46 Å². The predicted molar refractivity (Wildman–Crippen MR) is 91.2 cm³/mol. The highest BCUT2D eigenvalue weighted by atomic mass is 31.2. The summed E-state index contributed by atoms with van der Waals surface area (Å²) in [6, 6.07) is 17.8. The van der Waals surface area contributed by atoms with E-state index in [4.69, 9.17) is 4.52 Å². The molecule has 4 heteroatoms. The normalized spacial score (nSPS) is 14.8. The van der Waals surface area contributed by atoms with Gasteiger partial charge in [0.15, 0.2) is 0 Å². The molecule has 0 saturated carbocycles. The quantitative estimate of drug-likeness (QED) is 0.450. The van der Waals surface area contributed by atoms with Gasteiger partial charge < -0.3 is 9.42 Å². The van der Waals surface area contributed by atoms with Gasteiger partial charge in [0.2, 0.25) is 0 Å². The lowest BCUT2D eigenvalue weighted by atomic mass is 9.94. The zero-order chi connectivity index (χ0) is 15.3. The molecule has 0 bridgehead atoms. The van der Waals surface area contributed by atoms with Crippen LogP contribution in [-0.2, 0) is 9.09 Å². The van der Waals surface area contributed by atoms with Gasteiger partial charge in [0.1, 0.15) is 0 Å². The van der Waals surface area contributed by atoms with Crippen LogP contribution in [-0.4, -0.2) is 11.5 Å². The van der Waals surface area contributed by atoms with Crippen LogP contribution in [0.25, 0.3) is 32.3 Å². The van der Waals surface area contributed by atoms with Crippen LogP contribution in [0, 0.1) is 0 Å². The molecule has 22 heavy (non-hydrogen) atoms. The highest BCUT2D eigenvalue weighted by Crippen LogP contribution is 2.45. The topological polar surface area (TPSA) is 46.5 Å². The Labute approximate surface area is 128 Å². The first-order valence-corrected chi connectivity index (χ1v) is 8.84. The van der Waals surface area contributed by atoms with Crippen molar-refractivity contribution in [2.75, 3.05) is 6.61 Å². The molecule has 0 amide bonds. The molecule has 1 N–H and O–H groups in total. The van der Waals surface area contributed by atoms with E-state index in [1.165, 1.54) is 0 Å². The van der Waals surface area contributed by atoms with Gasteiger partial charge in [-0.15, -0.1) is 0 Å². The van der Waals surface area contributed by atoms with Crippen LogP contribution >= 0.6 is 7.60 Å². The van der Waals surface area contributed by atoms with E-state index >= 15 is 0 Å². The molecule has 1 atom stereocenters. The molecule has 110 valence electrons. The fourth-order valence-electron chi connectivity index (χ4n) is 3.21. The summed E-state index contributed by atoms with van der Waals surface area (Å²) >= 11 is 0. The maximum atomic E-state index is 12.5. The second kappa shape index (κ2) is 4.79. The molecule has 0 aliphatic carbocycles. The summed E-state index contributed by atoms with van der Waals surface area (Å²) in [4.78, 5) is 10.2. The van der Waals surface area contributed by atoms with Crippen molar-refractivity contribution in [3.63, 3.8) is 0 Å². The van der Waals surface area contributed by atoms with Gasteiger partial charge in [0.05, 0.1) is 11.9 Å². The van der Waals surface area contributed by atoms with E-state index in [0.29, 0.717) is 5.30 Å². The Morgan fingerprint density at radius 3 is 2.18 bits per heavy atom. The van der Waals surface area contributed by atoms with Crippen LogP contribution in [0.2, 0.25) is 0 Å². The summed E-state index contributed by atoms with van der Waals surface area (Å²) in [6.45, 7) is 1.93. The predicted octanol–water partition coefficient (Wildman–Crippen LogP) is 4.43. The lowest BCUT2D eigenvalue weighted by Crippen LogP contribution is -2.09. The van der Waals surface area contributed by atoms with E-state index < -0.39 is 7.60 Å². The van der Waals surface area contributed by atoms with Crippen molar-refractivity contribution >= 4 is 45.2 Å². The van der Waals surface area contributed by atoms with E-state index in [-0.39, 0.29) is 6.61 Å². The average Bonchev–Trinajstić information content (AvgIpc) is 2.52.